The first kappa shape index (κ1) is 14.0. The molecule has 2 aliphatic rings. The van der Waals surface area contributed by atoms with Gasteiger partial charge in [-0.25, -0.2) is 0 Å². The van der Waals surface area contributed by atoms with Crippen LogP contribution in [0.3, 0.4) is 0 Å². The maximum absolute atomic E-state index is 10.9. The van der Waals surface area contributed by atoms with Gasteiger partial charge in [0, 0.05) is 12.0 Å². The Balaban J connectivity index is 0.000000845. The summed E-state index contributed by atoms with van der Waals surface area (Å²) in [4.78, 5) is 10.9. The fraction of sp³-hybridized carbons (Fsp3) is 0.889. The van der Waals surface area contributed by atoms with Gasteiger partial charge in [0.05, 0.1) is 0 Å². The minimum Gasteiger partial charge on any atom is -0.369 e. The van der Waals surface area contributed by atoms with Crippen LogP contribution in [0.2, 0.25) is 0 Å². The first-order chi connectivity index (χ1) is 5.77. The quantitative estimate of drug-likeness (QED) is 0.760. The molecule has 3 nitrogen and oxygen atoms in total. The fourth-order valence-corrected chi connectivity index (χ4v) is 2.07. The van der Waals surface area contributed by atoms with Crippen molar-refractivity contribution in [2.75, 3.05) is 6.54 Å². The molecule has 0 radical (unpaired) electrons. The van der Waals surface area contributed by atoms with E-state index >= 15 is 0 Å². The molecule has 1 aliphatic carbocycles. The lowest BCUT2D eigenvalue weighted by atomic mass is 9.90. The van der Waals surface area contributed by atoms with Crippen LogP contribution in [0.15, 0.2) is 0 Å². The van der Waals surface area contributed by atoms with E-state index < -0.39 is 0 Å². The Morgan fingerprint density at radius 2 is 1.86 bits per heavy atom. The number of hydrogen-bond acceptors (Lipinski definition) is 2. The van der Waals surface area contributed by atoms with Gasteiger partial charge < -0.3 is 11.1 Å². The van der Waals surface area contributed by atoms with Gasteiger partial charge in [0.25, 0.3) is 0 Å². The van der Waals surface area contributed by atoms with Crippen LogP contribution in [-0.4, -0.2) is 18.5 Å². The highest BCUT2D eigenvalue weighted by Crippen LogP contribution is 2.36. The maximum atomic E-state index is 10.9. The number of carbonyl (C=O) groups is 1. The standard InChI is InChI=1S/C9H16N2O.2ClH/c10-9(12)7-3-4-11-8(5-7)6-1-2-6;;/h6-8,11H,1-5H2,(H2,10,12);2*1H. The highest BCUT2D eigenvalue weighted by molar-refractivity contribution is 5.85. The second-order valence-corrected chi connectivity index (χ2v) is 4.02. The molecule has 0 bridgehead atoms. The second-order valence-electron chi connectivity index (χ2n) is 4.02. The monoisotopic (exact) mass is 240 g/mol. The van der Waals surface area contributed by atoms with Crippen LogP contribution in [0.5, 0.6) is 0 Å². The molecule has 2 unspecified atom stereocenters. The summed E-state index contributed by atoms with van der Waals surface area (Å²) >= 11 is 0. The van der Waals surface area contributed by atoms with Gasteiger partial charge in [0.2, 0.25) is 5.91 Å². The highest BCUT2D eigenvalue weighted by Gasteiger charge is 2.35. The van der Waals surface area contributed by atoms with Crippen molar-refractivity contribution < 1.29 is 4.79 Å². The zero-order chi connectivity index (χ0) is 8.55. The van der Waals surface area contributed by atoms with Gasteiger partial charge in [0.15, 0.2) is 0 Å². The maximum Gasteiger partial charge on any atom is 0.220 e. The van der Waals surface area contributed by atoms with Gasteiger partial charge >= 0.3 is 0 Å². The summed E-state index contributed by atoms with van der Waals surface area (Å²) in [6.45, 7) is 0.967. The molecule has 0 spiro atoms. The van der Waals surface area contributed by atoms with Gasteiger partial charge in [-0.05, 0) is 38.1 Å². The molecule has 1 saturated heterocycles. The Labute approximate surface area is 97.0 Å². The molecule has 84 valence electrons. The van der Waals surface area contributed by atoms with E-state index in [0.29, 0.717) is 6.04 Å². The molecular formula is C9H18Cl2N2O. The molecule has 5 heteroatoms. The van der Waals surface area contributed by atoms with E-state index in [1.165, 1.54) is 12.8 Å². The Morgan fingerprint density at radius 3 is 2.36 bits per heavy atom. The third-order valence-corrected chi connectivity index (χ3v) is 3.03. The van der Waals surface area contributed by atoms with Crippen molar-refractivity contribution in [2.45, 2.75) is 31.7 Å². The summed E-state index contributed by atoms with van der Waals surface area (Å²) in [5.41, 5.74) is 5.28. The number of amides is 1. The summed E-state index contributed by atoms with van der Waals surface area (Å²) in [5.74, 6) is 0.867. The molecule has 0 aromatic rings. The van der Waals surface area contributed by atoms with E-state index in [4.69, 9.17) is 5.73 Å². The molecule has 1 saturated carbocycles. The molecule has 2 rings (SSSR count). The van der Waals surface area contributed by atoms with Crippen LogP contribution in [0.25, 0.3) is 0 Å². The number of halogens is 2. The lowest BCUT2D eigenvalue weighted by molar-refractivity contribution is -0.122. The molecular weight excluding hydrogens is 223 g/mol. The van der Waals surface area contributed by atoms with Gasteiger partial charge in [-0.1, -0.05) is 0 Å². The Hall–Kier alpha value is 0.01000. The smallest absolute Gasteiger partial charge is 0.220 e. The number of primary amides is 1. The van der Waals surface area contributed by atoms with Gasteiger partial charge in [0.1, 0.15) is 0 Å². The van der Waals surface area contributed by atoms with Crippen molar-refractivity contribution in [1.82, 2.24) is 5.32 Å². The SMILES string of the molecule is Cl.Cl.NC(=O)C1CCNC(C2CC2)C1. The lowest BCUT2D eigenvalue weighted by Crippen LogP contribution is -2.43. The molecule has 2 fully saturated rings. The minimum absolute atomic E-state index is 0. The van der Waals surface area contributed by atoms with E-state index in [-0.39, 0.29) is 36.6 Å². The molecule has 1 aliphatic heterocycles. The normalized spacial score (nSPS) is 31.1. The first-order valence-electron chi connectivity index (χ1n) is 4.80. The van der Waals surface area contributed by atoms with E-state index in [1.54, 1.807) is 0 Å². The number of rotatable bonds is 2. The largest absolute Gasteiger partial charge is 0.369 e. The molecule has 1 heterocycles. The van der Waals surface area contributed by atoms with Gasteiger partial charge in [-0.15, -0.1) is 24.8 Å². The van der Waals surface area contributed by atoms with Crippen molar-refractivity contribution in [3.63, 3.8) is 0 Å². The van der Waals surface area contributed by atoms with Gasteiger partial charge in [-0.2, -0.15) is 0 Å². The number of hydrogen-bond donors (Lipinski definition) is 2. The summed E-state index contributed by atoms with van der Waals surface area (Å²) in [5, 5.41) is 3.46. The molecule has 0 aromatic heterocycles. The number of nitrogens with two attached hydrogens (primary N) is 1. The molecule has 0 aromatic carbocycles. The number of carbonyl (C=O) groups excluding carboxylic acids is 1. The van der Waals surface area contributed by atoms with E-state index in [1.807, 2.05) is 0 Å². The van der Waals surface area contributed by atoms with E-state index in [0.717, 1.165) is 25.3 Å². The highest BCUT2D eigenvalue weighted by atomic mass is 35.5. The Morgan fingerprint density at radius 1 is 1.21 bits per heavy atom. The van der Waals surface area contributed by atoms with Crippen LogP contribution in [0.4, 0.5) is 0 Å². The van der Waals surface area contributed by atoms with Crippen molar-refractivity contribution in [1.29, 1.82) is 0 Å². The average Bonchev–Trinajstić information content (AvgIpc) is 2.87. The predicted octanol–water partition coefficient (Wildman–Crippen LogP) is 1.09. The first-order valence-corrected chi connectivity index (χ1v) is 4.80. The summed E-state index contributed by atoms with van der Waals surface area (Å²) < 4.78 is 0. The van der Waals surface area contributed by atoms with Crippen LogP contribution in [-0.2, 0) is 4.79 Å². The average molecular weight is 241 g/mol. The van der Waals surface area contributed by atoms with Crippen LogP contribution < -0.4 is 11.1 Å². The molecule has 3 N–H and O–H groups in total. The van der Waals surface area contributed by atoms with E-state index in [9.17, 15) is 4.79 Å². The van der Waals surface area contributed by atoms with Crippen molar-refractivity contribution in [2.24, 2.45) is 17.6 Å². The van der Waals surface area contributed by atoms with Crippen LogP contribution >= 0.6 is 24.8 Å². The summed E-state index contributed by atoms with van der Waals surface area (Å²) in [6.07, 6.45) is 4.57. The Kier molecular flexibility index (Phi) is 5.79. The van der Waals surface area contributed by atoms with E-state index in [2.05, 4.69) is 5.32 Å². The van der Waals surface area contributed by atoms with Crippen LogP contribution in [0, 0.1) is 11.8 Å². The van der Waals surface area contributed by atoms with Crippen molar-refractivity contribution in [3.8, 4) is 0 Å². The zero-order valence-electron chi connectivity index (χ0n) is 8.07. The second kappa shape index (κ2) is 5.79. The molecule has 1 amide bonds. The van der Waals surface area contributed by atoms with Gasteiger partial charge in [-0.3, -0.25) is 4.79 Å². The fourth-order valence-electron chi connectivity index (χ4n) is 2.07. The van der Waals surface area contributed by atoms with Crippen LogP contribution in [0.1, 0.15) is 25.7 Å². The van der Waals surface area contributed by atoms with Crippen molar-refractivity contribution in [3.05, 3.63) is 0 Å². The minimum atomic E-state index is -0.109. The third kappa shape index (κ3) is 3.30. The zero-order valence-corrected chi connectivity index (χ0v) is 9.70. The number of piperidine rings is 1. The van der Waals surface area contributed by atoms with Crippen molar-refractivity contribution >= 4 is 30.7 Å². The lowest BCUT2D eigenvalue weighted by Gasteiger charge is -2.28. The Bertz CT molecular complexity index is 197. The number of nitrogens with one attached hydrogen (secondary N) is 1. The topological polar surface area (TPSA) is 55.1 Å². The predicted molar refractivity (Wildman–Crippen MR) is 60.9 cm³/mol. The molecule has 14 heavy (non-hydrogen) atoms. The molecule has 2 atom stereocenters. The third-order valence-electron chi connectivity index (χ3n) is 3.03. The summed E-state index contributed by atoms with van der Waals surface area (Å²) in [6, 6.07) is 0.580. The summed E-state index contributed by atoms with van der Waals surface area (Å²) in [7, 11) is 0.